The first-order valence-electron chi connectivity index (χ1n) is 9.12. The lowest BCUT2D eigenvalue weighted by Gasteiger charge is -2.16. The molecule has 132 valence electrons. The van der Waals surface area contributed by atoms with Gasteiger partial charge in [0.25, 0.3) is 0 Å². The molecule has 0 saturated carbocycles. The number of hydrogen-bond donors (Lipinski definition) is 1. The van der Waals surface area contributed by atoms with Gasteiger partial charge in [0.05, 0.1) is 6.61 Å². The highest BCUT2D eigenvalue weighted by Gasteiger charge is 2.22. The predicted molar refractivity (Wildman–Crippen MR) is 101 cm³/mol. The zero-order chi connectivity index (χ0) is 17.5. The molecule has 4 heteroatoms. The minimum Gasteiger partial charge on any atom is -0.494 e. The Labute approximate surface area is 149 Å². The number of anilines is 1. The summed E-state index contributed by atoms with van der Waals surface area (Å²) in [5.74, 6) is 0.850. The summed E-state index contributed by atoms with van der Waals surface area (Å²) in [6.07, 6.45) is 4.79. The molecule has 0 unspecified atom stereocenters. The van der Waals surface area contributed by atoms with Crippen LogP contribution in [-0.4, -0.2) is 17.5 Å². The second-order valence-electron chi connectivity index (χ2n) is 6.49. The molecular weight excluding hydrogens is 312 g/mol. The third kappa shape index (κ3) is 4.75. The van der Waals surface area contributed by atoms with Crippen molar-refractivity contribution in [1.82, 2.24) is 4.90 Å². The first-order valence-corrected chi connectivity index (χ1v) is 9.12. The van der Waals surface area contributed by atoms with Crippen LogP contribution in [0, 0.1) is 0 Å². The number of rotatable bonds is 7. The summed E-state index contributed by atoms with van der Waals surface area (Å²) in [7, 11) is 0. The van der Waals surface area contributed by atoms with E-state index in [0.29, 0.717) is 13.1 Å². The van der Waals surface area contributed by atoms with Gasteiger partial charge in [-0.3, -0.25) is 0 Å². The number of nitrogens with one attached hydrogen (secondary N) is 1. The molecule has 1 aliphatic heterocycles. The van der Waals surface area contributed by atoms with Gasteiger partial charge < -0.3 is 15.0 Å². The van der Waals surface area contributed by atoms with Gasteiger partial charge in [0.1, 0.15) is 5.75 Å². The van der Waals surface area contributed by atoms with Crippen LogP contribution in [-0.2, 0) is 13.1 Å². The Balaban J connectivity index is 1.46. The fraction of sp³-hybridized carbons (Fsp3) is 0.381. The average Bonchev–Trinajstić information content (AvgIpc) is 3.07. The van der Waals surface area contributed by atoms with E-state index in [-0.39, 0.29) is 6.03 Å². The van der Waals surface area contributed by atoms with Crippen LogP contribution < -0.4 is 10.1 Å². The van der Waals surface area contributed by atoms with E-state index in [4.69, 9.17) is 4.74 Å². The van der Waals surface area contributed by atoms with Crippen molar-refractivity contribution in [3.05, 3.63) is 59.7 Å². The molecule has 4 nitrogen and oxygen atoms in total. The molecule has 3 rings (SSSR count). The van der Waals surface area contributed by atoms with Gasteiger partial charge in [-0.2, -0.15) is 0 Å². The largest absolute Gasteiger partial charge is 0.494 e. The maximum absolute atomic E-state index is 12.4. The number of benzene rings is 2. The molecule has 0 aliphatic carbocycles. The van der Waals surface area contributed by atoms with E-state index in [1.54, 1.807) is 0 Å². The molecule has 2 amide bonds. The van der Waals surface area contributed by atoms with E-state index in [1.807, 2.05) is 41.3 Å². The van der Waals surface area contributed by atoms with Crippen molar-refractivity contribution in [2.45, 2.75) is 45.7 Å². The Morgan fingerprint density at radius 2 is 1.68 bits per heavy atom. The molecule has 0 radical (unpaired) electrons. The van der Waals surface area contributed by atoms with Gasteiger partial charge >= 0.3 is 6.03 Å². The van der Waals surface area contributed by atoms with Crippen LogP contribution in [0.5, 0.6) is 5.75 Å². The maximum atomic E-state index is 12.4. The van der Waals surface area contributed by atoms with Crippen LogP contribution in [0.4, 0.5) is 10.5 Å². The minimum absolute atomic E-state index is 0.0653. The van der Waals surface area contributed by atoms with Gasteiger partial charge in [-0.05, 0) is 41.8 Å². The average molecular weight is 338 g/mol. The van der Waals surface area contributed by atoms with Crippen molar-refractivity contribution in [2.75, 3.05) is 11.9 Å². The molecule has 0 aromatic heterocycles. The third-order valence-electron chi connectivity index (χ3n) is 4.50. The topological polar surface area (TPSA) is 41.6 Å². The maximum Gasteiger partial charge on any atom is 0.322 e. The van der Waals surface area contributed by atoms with Crippen molar-refractivity contribution in [2.24, 2.45) is 0 Å². The second-order valence-corrected chi connectivity index (χ2v) is 6.49. The molecule has 0 atom stereocenters. The summed E-state index contributed by atoms with van der Waals surface area (Å²) in [5, 5.41) is 2.96. The van der Waals surface area contributed by atoms with Crippen LogP contribution in [0.1, 0.15) is 43.7 Å². The Morgan fingerprint density at radius 3 is 2.32 bits per heavy atom. The SMILES string of the molecule is CCCCCCOc1ccc(NC(=O)N2Cc3ccccc3C2)cc1. The van der Waals surface area contributed by atoms with E-state index >= 15 is 0 Å². The van der Waals surface area contributed by atoms with E-state index in [0.717, 1.165) is 24.5 Å². The quantitative estimate of drug-likeness (QED) is 0.706. The number of nitrogens with zero attached hydrogens (tertiary/aromatic N) is 1. The molecule has 0 bridgehead atoms. The second kappa shape index (κ2) is 8.56. The molecule has 25 heavy (non-hydrogen) atoms. The summed E-state index contributed by atoms with van der Waals surface area (Å²) < 4.78 is 5.73. The predicted octanol–water partition coefficient (Wildman–Crippen LogP) is 5.19. The highest BCUT2D eigenvalue weighted by atomic mass is 16.5. The van der Waals surface area contributed by atoms with Crippen molar-refractivity contribution in [1.29, 1.82) is 0 Å². The number of amides is 2. The van der Waals surface area contributed by atoms with Gasteiger partial charge in [-0.1, -0.05) is 50.5 Å². The monoisotopic (exact) mass is 338 g/mol. The number of fused-ring (bicyclic) bond motifs is 1. The summed E-state index contributed by atoms with van der Waals surface area (Å²) in [4.78, 5) is 14.2. The molecule has 1 aliphatic rings. The molecule has 0 saturated heterocycles. The third-order valence-corrected chi connectivity index (χ3v) is 4.50. The fourth-order valence-corrected chi connectivity index (χ4v) is 3.03. The van der Waals surface area contributed by atoms with E-state index in [9.17, 15) is 4.79 Å². The van der Waals surface area contributed by atoms with Crippen LogP contribution in [0.3, 0.4) is 0 Å². The van der Waals surface area contributed by atoms with E-state index in [1.165, 1.54) is 30.4 Å². The Morgan fingerprint density at radius 1 is 1.00 bits per heavy atom. The number of hydrogen-bond acceptors (Lipinski definition) is 2. The molecular formula is C21H26N2O2. The molecule has 2 aromatic carbocycles. The molecule has 2 aromatic rings. The van der Waals surface area contributed by atoms with Gasteiger partial charge in [-0.15, -0.1) is 0 Å². The van der Waals surface area contributed by atoms with Gasteiger partial charge in [0, 0.05) is 18.8 Å². The Hall–Kier alpha value is -2.49. The lowest BCUT2D eigenvalue weighted by Crippen LogP contribution is -2.30. The van der Waals surface area contributed by atoms with E-state index < -0.39 is 0 Å². The first-order chi connectivity index (χ1) is 12.3. The normalized spacial score (nSPS) is 12.8. The summed E-state index contributed by atoms with van der Waals surface area (Å²) in [6.45, 7) is 4.29. The smallest absolute Gasteiger partial charge is 0.322 e. The molecule has 0 spiro atoms. The van der Waals surface area contributed by atoms with E-state index in [2.05, 4.69) is 24.4 Å². The number of carbonyl (C=O) groups is 1. The summed E-state index contributed by atoms with van der Waals surface area (Å²) in [6, 6.07) is 15.7. The first kappa shape index (κ1) is 17.3. The number of urea groups is 1. The van der Waals surface area contributed by atoms with Crippen molar-refractivity contribution in [3.63, 3.8) is 0 Å². The van der Waals surface area contributed by atoms with Crippen molar-refractivity contribution < 1.29 is 9.53 Å². The van der Waals surface area contributed by atoms with Gasteiger partial charge in [0.2, 0.25) is 0 Å². The lowest BCUT2D eigenvalue weighted by atomic mass is 10.1. The van der Waals surface area contributed by atoms with Crippen LogP contribution >= 0.6 is 0 Å². The molecule has 1 N–H and O–H groups in total. The summed E-state index contributed by atoms with van der Waals surface area (Å²) in [5.41, 5.74) is 3.24. The lowest BCUT2D eigenvalue weighted by molar-refractivity contribution is 0.212. The van der Waals surface area contributed by atoms with Gasteiger partial charge in [-0.25, -0.2) is 4.79 Å². The van der Waals surface area contributed by atoms with Crippen LogP contribution in [0.25, 0.3) is 0 Å². The Bertz CT molecular complexity index is 672. The number of ether oxygens (including phenoxy) is 1. The zero-order valence-electron chi connectivity index (χ0n) is 14.8. The van der Waals surface area contributed by atoms with Crippen molar-refractivity contribution >= 4 is 11.7 Å². The molecule has 1 heterocycles. The van der Waals surface area contributed by atoms with Gasteiger partial charge in [0.15, 0.2) is 0 Å². The minimum atomic E-state index is -0.0653. The highest BCUT2D eigenvalue weighted by Crippen LogP contribution is 2.23. The number of unbranched alkanes of at least 4 members (excludes halogenated alkanes) is 3. The fourth-order valence-electron chi connectivity index (χ4n) is 3.03. The van der Waals surface area contributed by atoms with Crippen LogP contribution in [0.15, 0.2) is 48.5 Å². The van der Waals surface area contributed by atoms with Crippen LogP contribution in [0.2, 0.25) is 0 Å². The van der Waals surface area contributed by atoms with Crippen molar-refractivity contribution in [3.8, 4) is 5.75 Å². The standard InChI is InChI=1S/C21H26N2O2/c1-2-3-4-7-14-25-20-12-10-19(11-13-20)22-21(24)23-15-17-8-5-6-9-18(17)16-23/h5-6,8-13H,2-4,7,14-16H2,1H3,(H,22,24). The number of carbonyl (C=O) groups excluding carboxylic acids is 1. The summed E-state index contributed by atoms with van der Waals surface area (Å²) >= 11 is 0. The highest BCUT2D eigenvalue weighted by molar-refractivity contribution is 5.89. The Kier molecular flexibility index (Phi) is 5.94. The molecule has 0 fully saturated rings. The zero-order valence-corrected chi connectivity index (χ0v) is 14.8.